The van der Waals surface area contributed by atoms with Crippen LogP contribution in [0, 0.1) is 5.92 Å². The fourth-order valence-corrected chi connectivity index (χ4v) is 2.98. The van der Waals surface area contributed by atoms with Crippen LogP contribution in [0.2, 0.25) is 0 Å². The maximum absolute atomic E-state index is 12.0. The molecule has 2 aliphatic rings. The van der Waals surface area contributed by atoms with Gasteiger partial charge in [0.1, 0.15) is 0 Å². The molecule has 2 rings (SSSR count). The van der Waals surface area contributed by atoms with Gasteiger partial charge >= 0.3 is 0 Å². The van der Waals surface area contributed by atoms with E-state index in [0.29, 0.717) is 18.4 Å². The van der Waals surface area contributed by atoms with E-state index in [2.05, 4.69) is 5.32 Å². The van der Waals surface area contributed by atoms with Crippen LogP contribution in [0.4, 0.5) is 0 Å². The molecule has 0 radical (unpaired) electrons. The summed E-state index contributed by atoms with van der Waals surface area (Å²) in [6.07, 6.45) is 8.45. The highest BCUT2D eigenvalue weighted by atomic mass is 16.2. The first kappa shape index (κ1) is 11.9. The molecule has 92 valence electrons. The van der Waals surface area contributed by atoms with Crippen molar-refractivity contribution in [2.75, 3.05) is 20.1 Å². The summed E-state index contributed by atoms with van der Waals surface area (Å²) in [5.74, 6) is 1.09. The average Bonchev–Trinajstić information content (AvgIpc) is 2.90. The van der Waals surface area contributed by atoms with E-state index in [-0.39, 0.29) is 0 Å². The van der Waals surface area contributed by atoms with Gasteiger partial charge in [-0.3, -0.25) is 4.79 Å². The summed E-state index contributed by atoms with van der Waals surface area (Å²) in [7, 11) is 1.97. The quantitative estimate of drug-likeness (QED) is 0.789. The fourth-order valence-electron chi connectivity index (χ4n) is 2.98. The van der Waals surface area contributed by atoms with Gasteiger partial charge in [0.2, 0.25) is 5.91 Å². The molecule has 1 N–H and O–H groups in total. The monoisotopic (exact) mass is 224 g/mol. The number of nitrogens with one attached hydrogen (secondary N) is 1. The number of hydrogen-bond donors (Lipinski definition) is 1. The Morgan fingerprint density at radius 3 is 2.62 bits per heavy atom. The van der Waals surface area contributed by atoms with Crippen LogP contribution < -0.4 is 5.32 Å². The zero-order valence-corrected chi connectivity index (χ0v) is 10.4. The topological polar surface area (TPSA) is 32.3 Å². The smallest absolute Gasteiger partial charge is 0.223 e. The maximum atomic E-state index is 12.0. The molecule has 0 aromatic rings. The number of amides is 1. The van der Waals surface area contributed by atoms with Gasteiger partial charge in [0.15, 0.2) is 0 Å². The molecule has 16 heavy (non-hydrogen) atoms. The third kappa shape index (κ3) is 3.21. The number of rotatable bonds is 4. The van der Waals surface area contributed by atoms with Crippen molar-refractivity contribution in [3.63, 3.8) is 0 Å². The molecular weight excluding hydrogens is 200 g/mol. The number of hydrogen-bond acceptors (Lipinski definition) is 2. The minimum Gasteiger partial charge on any atom is -0.345 e. The first-order chi connectivity index (χ1) is 7.75. The third-order valence-corrected chi connectivity index (χ3v) is 4.02. The molecule has 0 aromatic heterocycles. The normalized spacial score (nSPS) is 26.2. The van der Waals surface area contributed by atoms with E-state index in [0.717, 1.165) is 19.0 Å². The summed E-state index contributed by atoms with van der Waals surface area (Å²) >= 11 is 0. The SMILES string of the molecule is CN(CC1CCCC1)C(=O)CC1CCCN1. The van der Waals surface area contributed by atoms with Crippen molar-refractivity contribution in [3.8, 4) is 0 Å². The van der Waals surface area contributed by atoms with E-state index in [9.17, 15) is 4.79 Å². The van der Waals surface area contributed by atoms with Crippen molar-refractivity contribution in [3.05, 3.63) is 0 Å². The Balaban J connectivity index is 1.70. The maximum Gasteiger partial charge on any atom is 0.223 e. The Labute approximate surface area is 98.6 Å². The molecule has 0 aromatic carbocycles. The van der Waals surface area contributed by atoms with E-state index in [4.69, 9.17) is 0 Å². The van der Waals surface area contributed by atoms with Gasteiger partial charge in [0.25, 0.3) is 0 Å². The van der Waals surface area contributed by atoms with Gasteiger partial charge in [-0.2, -0.15) is 0 Å². The Morgan fingerprint density at radius 2 is 2.00 bits per heavy atom. The van der Waals surface area contributed by atoms with Crippen LogP contribution in [0.1, 0.15) is 44.9 Å². The molecule has 0 bridgehead atoms. The van der Waals surface area contributed by atoms with Crippen LogP contribution in [-0.4, -0.2) is 37.0 Å². The van der Waals surface area contributed by atoms with Crippen LogP contribution >= 0.6 is 0 Å². The fraction of sp³-hybridized carbons (Fsp3) is 0.923. The third-order valence-electron chi connectivity index (χ3n) is 4.02. The standard InChI is InChI=1S/C13H24N2O/c1-15(10-11-5-2-3-6-11)13(16)9-12-7-4-8-14-12/h11-12,14H,2-10H2,1H3. The lowest BCUT2D eigenvalue weighted by atomic mass is 10.1. The number of carbonyl (C=O) groups excluding carboxylic acids is 1. The Morgan fingerprint density at radius 1 is 1.25 bits per heavy atom. The number of carbonyl (C=O) groups is 1. The molecule has 1 saturated heterocycles. The molecular formula is C13H24N2O. The zero-order valence-electron chi connectivity index (χ0n) is 10.4. The van der Waals surface area contributed by atoms with Gasteiger partial charge in [-0.05, 0) is 38.1 Å². The van der Waals surface area contributed by atoms with E-state index in [1.54, 1.807) is 0 Å². The predicted molar refractivity (Wildman–Crippen MR) is 65.2 cm³/mol. The van der Waals surface area contributed by atoms with E-state index >= 15 is 0 Å². The first-order valence-corrected chi connectivity index (χ1v) is 6.73. The van der Waals surface area contributed by atoms with E-state index < -0.39 is 0 Å². The second kappa shape index (κ2) is 5.67. The van der Waals surface area contributed by atoms with Gasteiger partial charge in [-0.1, -0.05) is 12.8 Å². The van der Waals surface area contributed by atoms with Crippen molar-refractivity contribution in [1.82, 2.24) is 10.2 Å². The van der Waals surface area contributed by atoms with Crippen LogP contribution in [-0.2, 0) is 4.79 Å². The second-order valence-electron chi connectivity index (χ2n) is 5.42. The molecule has 1 atom stereocenters. The first-order valence-electron chi connectivity index (χ1n) is 6.73. The average molecular weight is 224 g/mol. The molecule has 1 heterocycles. The summed E-state index contributed by atoms with van der Waals surface area (Å²) in [5.41, 5.74) is 0. The van der Waals surface area contributed by atoms with Crippen molar-refractivity contribution in [2.45, 2.75) is 51.0 Å². The largest absolute Gasteiger partial charge is 0.345 e. The summed E-state index contributed by atoms with van der Waals surface area (Å²) in [4.78, 5) is 13.9. The minimum absolute atomic E-state index is 0.325. The second-order valence-corrected chi connectivity index (χ2v) is 5.42. The molecule has 1 saturated carbocycles. The Bertz CT molecular complexity index is 230. The molecule has 1 unspecified atom stereocenters. The van der Waals surface area contributed by atoms with Crippen LogP contribution in [0.3, 0.4) is 0 Å². The summed E-state index contributed by atoms with van der Waals surface area (Å²) in [5, 5.41) is 3.39. The highest BCUT2D eigenvalue weighted by molar-refractivity contribution is 5.76. The van der Waals surface area contributed by atoms with Gasteiger partial charge in [0, 0.05) is 26.1 Å². The molecule has 1 aliphatic carbocycles. The van der Waals surface area contributed by atoms with Gasteiger partial charge in [-0.15, -0.1) is 0 Å². The van der Waals surface area contributed by atoms with Gasteiger partial charge < -0.3 is 10.2 Å². The van der Waals surface area contributed by atoms with E-state index in [1.165, 1.54) is 38.5 Å². The minimum atomic E-state index is 0.325. The van der Waals surface area contributed by atoms with E-state index in [1.807, 2.05) is 11.9 Å². The molecule has 3 nitrogen and oxygen atoms in total. The van der Waals surface area contributed by atoms with Crippen molar-refractivity contribution in [2.24, 2.45) is 5.92 Å². The molecule has 3 heteroatoms. The summed E-state index contributed by atoms with van der Waals surface area (Å²) in [6, 6.07) is 0.443. The Kier molecular flexibility index (Phi) is 4.22. The summed E-state index contributed by atoms with van der Waals surface area (Å²) < 4.78 is 0. The molecule has 1 amide bonds. The molecule has 2 fully saturated rings. The van der Waals surface area contributed by atoms with Crippen molar-refractivity contribution >= 4 is 5.91 Å². The van der Waals surface area contributed by atoms with Crippen LogP contribution in [0.25, 0.3) is 0 Å². The lowest BCUT2D eigenvalue weighted by molar-refractivity contribution is -0.130. The van der Waals surface area contributed by atoms with Crippen LogP contribution in [0.15, 0.2) is 0 Å². The zero-order chi connectivity index (χ0) is 11.4. The van der Waals surface area contributed by atoms with Crippen molar-refractivity contribution in [1.29, 1.82) is 0 Å². The predicted octanol–water partition coefficient (Wildman–Crippen LogP) is 1.78. The highest BCUT2D eigenvalue weighted by Crippen LogP contribution is 2.25. The van der Waals surface area contributed by atoms with Crippen molar-refractivity contribution < 1.29 is 4.79 Å². The lowest BCUT2D eigenvalue weighted by Crippen LogP contribution is -2.35. The summed E-state index contributed by atoms with van der Waals surface area (Å²) in [6.45, 7) is 2.07. The number of nitrogens with zero attached hydrogens (tertiary/aromatic N) is 1. The lowest BCUT2D eigenvalue weighted by Gasteiger charge is -2.22. The van der Waals surface area contributed by atoms with Gasteiger partial charge in [-0.25, -0.2) is 0 Å². The highest BCUT2D eigenvalue weighted by Gasteiger charge is 2.22. The Hall–Kier alpha value is -0.570. The molecule has 1 aliphatic heterocycles. The van der Waals surface area contributed by atoms with Gasteiger partial charge in [0.05, 0.1) is 0 Å². The molecule has 0 spiro atoms. The van der Waals surface area contributed by atoms with Crippen LogP contribution in [0.5, 0.6) is 0 Å².